The summed E-state index contributed by atoms with van der Waals surface area (Å²) in [5.41, 5.74) is 2.13. The van der Waals surface area contributed by atoms with E-state index in [2.05, 4.69) is 32.9 Å². The Hall–Kier alpha value is -2.37. The molecule has 140 valence electrons. The van der Waals surface area contributed by atoms with Crippen LogP contribution in [-0.2, 0) is 19.8 Å². The molecule has 2 fully saturated rings. The SMILES string of the molecule is CC(C)(C)c1ccc(N2CC(C(=O)N3CCN(C=O)CC3)CC2=O)cc1. The minimum atomic E-state index is -0.299. The fourth-order valence-corrected chi connectivity index (χ4v) is 3.57. The van der Waals surface area contributed by atoms with Gasteiger partial charge in [0.05, 0.1) is 5.92 Å². The van der Waals surface area contributed by atoms with Crippen LogP contribution >= 0.6 is 0 Å². The van der Waals surface area contributed by atoms with E-state index in [-0.39, 0.29) is 29.6 Å². The highest BCUT2D eigenvalue weighted by Crippen LogP contribution is 2.29. The Morgan fingerprint density at radius 3 is 2.23 bits per heavy atom. The number of hydrogen-bond acceptors (Lipinski definition) is 3. The molecule has 1 unspecified atom stereocenters. The molecule has 2 saturated heterocycles. The van der Waals surface area contributed by atoms with Crippen LogP contribution in [0.1, 0.15) is 32.8 Å². The predicted molar refractivity (Wildman–Crippen MR) is 99.8 cm³/mol. The maximum Gasteiger partial charge on any atom is 0.228 e. The van der Waals surface area contributed by atoms with Gasteiger partial charge in [-0.1, -0.05) is 32.9 Å². The van der Waals surface area contributed by atoms with E-state index in [1.54, 1.807) is 14.7 Å². The largest absolute Gasteiger partial charge is 0.342 e. The average molecular weight is 357 g/mol. The molecule has 0 saturated carbocycles. The van der Waals surface area contributed by atoms with E-state index < -0.39 is 0 Å². The van der Waals surface area contributed by atoms with Crippen molar-refractivity contribution in [3.8, 4) is 0 Å². The molecule has 3 amide bonds. The average Bonchev–Trinajstić information content (AvgIpc) is 3.02. The highest BCUT2D eigenvalue weighted by molar-refractivity contribution is 6.00. The lowest BCUT2D eigenvalue weighted by Crippen LogP contribution is -2.50. The Kier molecular flexibility index (Phi) is 5.03. The van der Waals surface area contributed by atoms with Gasteiger partial charge in [0.15, 0.2) is 0 Å². The van der Waals surface area contributed by atoms with Crippen molar-refractivity contribution < 1.29 is 14.4 Å². The summed E-state index contributed by atoms with van der Waals surface area (Å²) in [5.74, 6) is -0.274. The zero-order valence-corrected chi connectivity index (χ0v) is 15.8. The topological polar surface area (TPSA) is 60.9 Å². The molecule has 2 aliphatic rings. The smallest absolute Gasteiger partial charge is 0.228 e. The summed E-state index contributed by atoms with van der Waals surface area (Å²) in [7, 11) is 0. The summed E-state index contributed by atoms with van der Waals surface area (Å²) < 4.78 is 0. The summed E-state index contributed by atoms with van der Waals surface area (Å²) in [6.45, 7) is 9.11. The van der Waals surface area contributed by atoms with Crippen molar-refractivity contribution in [3.05, 3.63) is 29.8 Å². The molecule has 6 nitrogen and oxygen atoms in total. The molecule has 3 rings (SSSR count). The zero-order chi connectivity index (χ0) is 18.9. The number of carbonyl (C=O) groups excluding carboxylic acids is 3. The highest BCUT2D eigenvalue weighted by Gasteiger charge is 2.37. The van der Waals surface area contributed by atoms with E-state index in [1.165, 1.54) is 5.56 Å². The van der Waals surface area contributed by atoms with E-state index in [4.69, 9.17) is 0 Å². The van der Waals surface area contributed by atoms with Crippen molar-refractivity contribution in [2.45, 2.75) is 32.6 Å². The number of carbonyl (C=O) groups is 3. The van der Waals surface area contributed by atoms with Gasteiger partial charge in [-0.3, -0.25) is 14.4 Å². The molecule has 6 heteroatoms. The first-order valence-corrected chi connectivity index (χ1v) is 9.18. The van der Waals surface area contributed by atoms with Crippen molar-refractivity contribution >= 4 is 23.9 Å². The third-order valence-electron chi connectivity index (χ3n) is 5.29. The van der Waals surface area contributed by atoms with E-state index in [0.29, 0.717) is 32.7 Å². The van der Waals surface area contributed by atoms with Gasteiger partial charge in [0, 0.05) is 44.8 Å². The van der Waals surface area contributed by atoms with Crippen molar-refractivity contribution in [2.24, 2.45) is 5.92 Å². The fraction of sp³-hybridized carbons (Fsp3) is 0.550. The van der Waals surface area contributed by atoms with Crippen LogP contribution in [0.25, 0.3) is 0 Å². The molecule has 2 aliphatic heterocycles. The first kappa shape index (κ1) is 18.4. The Bertz CT molecular complexity index is 685. The van der Waals surface area contributed by atoms with Crippen LogP contribution in [-0.4, -0.2) is 60.7 Å². The molecule has 1 atom stereocenters. The normalized spacial score (nSPS) is 21.3. The summed E-state index contributed by atoms with van der Waals surface area (Å²) in [5, 5.41) is 0. The van der Waals surface area contributed by atoms with Crippen molar-refractivity contribution in [1.82, 2.24) is 9.80 Å². The number of rotatable bonds is 3. The Morgan fingerprint density at radius 1 is 1.08 bits per heavy atom. The van der Waals surface area contributed by atoms with Crippen LogP contribution in [0.4, 0.5) is 5.69 Å². The maximum atomic E-state index is 12.7. The lowest BCUT2D eigenvalue weighted by Gasteiger charge is -2.33. The predicted octanol–water partition coefficient (Wildman–Crippen LogP) is 1.64. The molecule has 0 bridgehead atoms. The summed E-state index contributed by atoms with van der Waals surface area (Å²) in [6, 6.07) is 8.04. The molecule has 26 heavy (non-hydrogen) atoms. The Labute approximate surface area is 154 Å². The van der Waals surface area contributed by atoms with Crippen LogP contribution < -0.4 is 4.90 Å². The number of amides is 3. The lowest BCUT2D eigenvalue weighted by molar-refractivity contribution is -0.139. The van der Waals surface area contributed by atoms with Gasteiger partial charge in [-0.15, -0.1) is 0 Å². The second kappa shape index (κ2) is 7.09. The standard InChI is InChI=1S/C20H27N3O3/c1-20(2,3)16-4-6-17(7-5-16)23-13-15(12-18(23)25)19(26)22-10-8-21(14-24)9-11-22/h4-7,14-15H,8-13H2,1-3H3. The van der Waals surface area contributed by atoms with Crippen molar-refractivity contribution in [3.63, 3.8) is 0 Å². The molecule has 2 heterocycles. The van der Waals surface area contributed by atoms with Gasteiger partial charge < -0.3 is 14.7 Å². The van der Waals surface area contributed by atoms with Crippen molar-refractivity contribution in [2.75, 3.05) is 37.6 Å². The van der Waals surface area contributed by atoms with Crippen LogP contribution in [0, 0.1) is 5.92 Å². The van der Waals surface area contributed by atoms with Gasteiger partial charge in [-0.2, -0.15) is 0 Å². The van der Waals surface area contributed by atoms with E-state index >= 15 is 0 Å². The van der Waals surface area contributed by atoms with Crippen LogP contribution in [0.2, 0.25) is 0 Å². The number of nitrogens with zero attached hydrogens (tertiary/aromatic N) is 3. The van der Waals surface area contributed by atoms with E-state index in [0.717, 1.165) is 12.1 Å². The zero-order valence-electron chi connectivity index (χ0n) is 15.8. The molecule has 0 radical (unpaired) electrons. The molecule has 1 aromatic rings. The monoisotopic (exact) mass is 357 g/mol. The number of hydrogen-bond donors (Lipinski definition) is 0. The molecule has 0 aromatic heterocycles. The fourth-order valence-electron chi connectivity index (χ4n) is 3.57. The quantitative estimate of drug-likeness (QED) is 0.773. The third-order valence-corrected chi connectivity index (χ3v) is 5.29. The molecule has 0 aliphatic carbocycles. The highest BCUT2D eigenvalue weighted by atomic mass is 16.2. The van der Waals surface area contributed by atoms with Crippen molar-refractivity contribution in [1.29, 1.82) is 0 Å². The van der Waals surface area contributed by atoms with E-state index in [1.807, 2.05) is 12.1 Å². The minimum absolute atomic E-state index is 0.00149. The van der Waals surface area contributed by atoms with Gasteiger partial charge in [0.2, 0.25) is 18.2 Å². The first-order valence-electron chi connectivity index (χ1n) is 9.18. The van der Waals surface area contributed by atoms with Gasteiger partial charge in [-0.25, -0.2) is 0 Å². The molecule has 0 N–H and O–H groups in total. The minimum Gasteiger partial charge on any atom is -0.342 e. The maximum absolute atomic E-state index is 12.7. The van der Waals surface area contributed by atoms with Gasteiger partial charge in [0.1, 0.15) is 0 Å². The van der Waals surface area contributed by atoms with Gasteiger partial charge in [0.25, 0.3) is 0 Å². The molecule has 0 spiro atoms. The lowest BCUT2D eigenvalue weighted by atomic mass is 9.87. The molecular formula is C20H27N3O3. The number of benzene rings is 1. The first-order chi connectivity index (χ1) is 12.3. The van der Waals surface area contributed by atoms with Gasteiger partial charge >= 0.3 is 0 Å². The Balaban J connectivity index is 1.65. The Morgan fingerprint density at radius 2 is 1.69 bits per heavy atom. The number of piperazine rings is 1. The number of anilines is 1. The van der Waals surface area contributed by atoms with E-state index in [9.17, 15) is 14.4 Å². The molecule has 1 aromatic carbocycles. The third kappa shape index (κ3) is 3.74. The second-order valence-electron chi connectivity index (χ2n) is 8.17. The summed E-state index contributed by atoms with van der Waals surface area (Å²) in [4.78, 5) is 41.2. The molecular weight excluding hydrogens is 330 g/mol. The van der Waals surface area contributed by atoms with Crippen LogP contribution in [0.3, 0.4) is 0 Å². The summed E-state index contributed by atoms with van der Waals surface area (Å²) in [6.07, 6.45) is 1.08. The van der Waals surface area contributed by atoms with Gasteiger partial charge in [-0.05, 0) is 23.1 Å². The second-order valence-corrected chi connectivity index (χ2v) is 8.17. The van der Waals surface area contributed by atoms with Crippen LogP contribution in [0.5, 0.6) is 0 Å². The summed E-state index contributed by atoms with van der Waals surface area (Å²) >= 11 is 0. The van der Waals surface area contributed by atoms with Crippen LogP contribution in [0.15, 0.2) is 24.3 Å².